The quantitative estimate of drug-likeness (QED) is 0.853. The van der Waals surface area contributed by atoms with Crippen LogP contribution in [-0.2, 0) is 19.6 Å². The molecule has 0 fully saturated rings. The predicted molar refractivity (Wildman–Crippen MR) is 70.1 cm³/mol. The molecule has 0 unspecified atom stereocenters. The van der Waals surface area contributed by atoms with E-state index in [4.69, 9.17) is 8.83 Å². The monoisotopic (exact) mass is 248 g/mol. The molecule has 0 bridgehead atoms. The molecule has 2 aromatic heterocycles. The van der Waals surface area contributed by atoms with E-state index in [1.54, 1.807) is 6.26 Å². The fourth-order valence-electron chi connectivity index (χ4n) is 1.96. The zero-order valence-electron chi connectivity index (χ0n) is 11.2. The second-order valence-corrected chi connectivity index (χ2v) is 4.57. The van der Waals surface area contributed by atoms with Gasteiger partial charge in [0.25, 0.3) is 0 Å². The van der Waals surface area contributed by atoms with Gasteiger partial charge in [0.05, 0.1) is 19.4 Å². The van der Waals surface area contributed by atoms with Gasteiger partial charge < -0.3 is 14.2 Å². The van der Waals surface area contributed by atoms with Crippen LogP contribution in [0.4, 0.5) is 0 Å². The van der Waals surface area contributed by atoms with Gasteiger partial charge in [-0.15, -0.1) is 0 Å². The van der Waals surface area contributed by atoms with Crippen LogP contribution in [0.3, 0.4) is 0 Å². The molecule has 0 aliphatic carbocycles. The van der Waals surface area contributed by atoms with Crippen LogP contribution in [0.2, 0.25) is 0 Å². The van der Waals surface area contributed by atoms with E-state index in [-0.39, 0.29) is 0 Å². The molecule has 0 aromatic carbocycles. The van der Waals surface area contributed by atoms with Gasteiger partial charge in [-0.1, -0.05) is 0 Å². The molecule has 2 aromatic rings. The SMILES string of the molecule is CNCc1ccc(CN(C)Cc2ccoc2C)o1. The molecule has 0 aliphatic heterocycles. The van der Waals surface area contributed by atoms with E-state index in [1.165, 1.54) is 5.56 Å². The van der Waals surface area contributed by atoms with Crippen LogP contribution in [0.1, 0.15) is 22.8 Å². The first kappa shape index (κ1) is 12.9. The Morgan fingerprint density at radius 2 is 1.94 bits per heavy atom. The van der Waals surface area contributed by atoms with Crippen molar-refractivity contribution in [2.24, 2.45) is 0 Å². The van der Waals surface area contributed by atoms with E-state index in [1.807, 2.05) is 32.2 Å². The first-order chi connectivity index (χ1) is 8.69. The maximum absolute atomic E-state index is 5.72. The number of furan rings is 2. The summed E-state index contributed by atoms with van der Waals surface area (Å²) in [6.07, 6.45) is 1.73. The van der Waals surface area contributed by atoms with Gasteiger partial charge in [0.2, 0.25) is 0 Å². The summed E-state index contributed by atoms with van der Waals surface area (Å²) >= 11 is 0. The Hall–Kier alpha value is -1.52. The third-order valence-corrected chi connectivity index (χ3v) is 2.90. The number of aryl methyl sites for hydroxylation is 1. The molecule has 0 spiro atoms. The number of nitrogens with one attached hydrogen (secondary N) is 1. The highest BCUT2D eigenvalue weighted by Gasteiger charge is 2.08. The van der Waals surface area contributed by atoms with Crippen molar-refractivity contribution in [2.45, 2.75) is 26.6 Å². The van der Waals surface area contributed by atoms with E-state index in [0.717, 1.165) is 36.9 Å². The van der Waals surface area contributed by atoms with Gasteiger partial charge in [-0.3, -0.25) is 4.90 Å². The molecule has 4 heteroatoms. The summed E-state index contributed by atoms with van der Waals surface area (Å²) in [5.41, 5.74) is 1.22. The van der Waals surface area contributed by atoms with Gasteiger partial charge in [-0.2, -0.15) is 0 Å². The van der Waals surface area contributed by atoms with Crippen molar-refractivity contribution in [2.75, 3.05) is 14.1 Å². The van der Waals surface area contributed by atoms with Crippen molar-refractivity contribution in [3.63, 3.8) is 0 Å². The predicted octanol–water partition coefficient (Wildman–Crippen LogP) is 2.53. The second-order valence-electron chi connectivity index (χ2n) is 4.57. The largest absolute Gasteiger partial charge is 0.469 e. The number of nitrogens with zero attached hydrogens (tertiary/aromatic N) is 1. The average molecular weight is 248 g/mol. The van der Waals surface area contributed by atoms with Crippen LogP contribution in [0.25, 0.3) is 0 Å². The van der Waals surface area contributed by atoms with Crippen LogP contribution >= 0.6 is 0 Å². The van der Waals surface area contributed by atoms with Crippen molar-refractivity contribution in [3.05, 3.63) is 47.3 Å². The van der Waals surface area contributed by atoms with Crippen LogP contribution in [0.5, 0.6) is 0 Å². The lowest BCUT2D eigenvalue weighted by molar-refractivity contribution is 0.281. The molecule has 0 radical (unpaired) electrons. The zero-order chi connectivity index (χ0) is 13.0. The second kappa shape index (κ2) is 5.89. The lowest BCUT2D eigenvalue weighted by Gasteiger charge is -2.14. The normalized spacial score (nSPS) is 11.3. The van der Waals surface area contributed by atoms with E-state index >= 15 is 0 Å². The van der Waals surface area contributed by atoms with Gasteiger partial charge >= 0.3 is 0 Å². The standard InChI is InChI=1S/C14H20N2O2/c1-11-12(6-7-17-11)9-16(3)10-14-5-4-13(18-14)8-15-2/h4-7,15H,8-10H2,1-3H3. The van der Waals surface area contributed by atoms with Crippen molar-refractivity contribution >= 4 is 0 Å². The lowest BCUT2D eigenvalue weighted by atomic mass is 10.2. The maximum atomic E-state index is 5.72. The molecule has 4 nitrogen and oxygen atoms in total. The van der Waals surface area contributed by atoms with Crippen LogP contribution in [0.15, 0.2) is 33.3 Å². The van der Waals surface area contributed by atoms with E-state index in [0.29, 0.717) is 0 Å². The Morgan fingerprint density at radius 3 is 2.61 bits per heavy atom. The summed E-state index contributed by atoms with van der Waals surface area (Å²) in [5.74, 6) is 2.95. The van der Waals surface area contributed by atoms with E-state index in [9.17, 15) is 0 Å². The molecule has 98 valence electrons. The third kappa shape index (κ3) is 3.24. The van der Waals surface area contributed by atoms with Crippen molar-refractivity contribution in [3.8, 4) is 0 Å². The van der Waals surface area contributed by atoms with Gasteiger partial charge in [-0.25, -0.2) is 0 Å². The molecule has 18 heavy (non-hydrogen) atoms. The minimum absolute atomic E-state index is 0.768. The van der Waals surface area contributed by atoms with Gasteiger partial charge in [0.1, 0.15) is 17.3 Å². The summed E-state index contributed by atoms with van der Waals surface area (Å²) in [7, 11) is 3.99. The van der Waals surface area contributed by atoms with Crippen molar-refractivity contribution in [1.82, 2.24) is 10.2 Å². The number of hydrogen-bond acceptors (Lipinski definition) is 4. The highest BCUT2D eigenvalue weighted by molar-refractivity contribution is 5.15. The molecular formula is C14H20N2O2. The Kier molecular flexibility index (Phi) is 4.23. The zero-order valence-corrected chi connectivity index (χ0v) is 11.2. The van der Waals surface area contributed by atoms with Crippen molar-refractivity contribution < 1.29 is 8.83 Å². The van der Waals surface area contributed by atoms with Gasteiger partial charge in [-0.05, 0) is 39.2 Å². The molecule has 0 amide bonds. The number of rotatable bonds is 6. The summed E-state index contributed by atoms with van der Waals surface area (Å²) in [6, 6.07) is 6.06. The Labute approximate surface area is 108 Å². The average Bonchev–Trinajstić information content (AvgIpc) is 2.90. The van der Waals surface area contributed by atoms with E-state index in [2.05, 4.69) is 17.3 Å². The fraction of sp³-hybridized carbons (Fsp3) is 0.429. The molecule has 0 aliphatic rings. The first-order valence-corrected chi connectivity index (χ1v) is 6.12. The van der Waals surface area contributed by atoms with E-state index < -0.39 is 0 Å². The fourth-order valence-corrected chi connectivity index (χ4v) is 1.96. The number of hydrogen-bond donors (Lipinski definition) is 1. The Bertz CT molecular complexity index is 487. The minimum atomic E-state index is 0.768. The summed E-state index contributed by atoms with van der Waals surface area (Å²) < 4.78 is 11.0. The maximum Gasteiger partial charge on any atom is 0.118 e. The summed E-state index contributed by atoms with van der Waals surface area (Å²) in [4.78, 5) is 2.21. The molecule has 1 N–H and O–H groups in total. The summed E-state index contributed by atoms with van der Waals surface area (Å²) in [5, 5.41) is 3.07. The molecule has 0 atom stereocenters. The molecule has 2 heterocycles. The molecular weight excluding hydrogens is 228 g/mol. The highest BCUT2D eigenvalue weighted by atomic mass is 16.3. The first-order valence-electron chi connectivity index (χ1n) is 6.12. The van der Waals surface area contributed by atoms with Crippen molar-refractivity contribution in [1.29, 1.82) is 0 Å². The van der Waals surface area contributed by atoms with Crippen LogP contribution in [-0.4, -0.2) is 19.0 Å². The Balaban J connectivity index is 1.90. The smallest absolute Gasteiger partial charge is 0.118 e. The van der Waals surface area contributed by atoms with Gasteiger partial charge in [0, 0.05) is 12.1 Å². The Morgan fingerprint density at radius 1 is 1.17 bits per heavy atom. The highest BCUT2D eigenvalue weighted by Crippen LogP contribution is 2.14. The molecule has 2 rings (SSSR count). The third-order valence-electron chi connectivity index (χ3n) is 2.90. The molecule has 0 saturated carbocycles. The van der Waals surface area contributed by atoms with Crippen LogP contribution < -0.4 is 5.32 Å². The minimum Gasteiger partial charge on any atom is -0.469 e. The summed E-state index contributed by atoms with van der Waals surface area (Å²) in [6.45, 7) is 4.42. The topological polar surface area (TPSA) is 41.5 Å². The van der Waals surface area contributed by atoms with Gasteiger partial charge in [0.15, 0.2) is 0 Å². The van der Waals surface area contributed by atoms with Crippen LogP contribution in [0, 0.1) is 6.92 Å². The lowest BCUT2D eigenvalue weighted by Crippen LogP contribution is -2.17. The molecule has 0 saturated heterocycles.